The largest absolute Gasteiger partial charge is 0.477 e. The third-order valence-electron chi connectivity index (χ3n) is 11.2. The number of carbonyl (C=O) groups is 2. The molecule has 292 valence electrons. The first-order valence-corrected chi connectivity index (χ1v) is 19.9. The molecule has 5 aromatic rings. The molecule has 0 saturated carbocycles. The minimum absolute atomic E-state index is 0.140. The van der Waals surface area contributed by atoms with Gasteiger partial charge in [-0.15, -0.1) is 0 Å². The number of carboxylic acids is 1. The van der Waals surface area contributed by atoms with Crippen molar-refractivity contribution in [2.24, 2.45) is 0 Å². The Balaban J connectivity index is 0.000000164. The molecule has 0 radical (unpaired) electrons. The number of amides is 1. The van der Waals surface area contributed by atoms with Crippen molar-refractivity contribution < 1.29 is 24.2 Å². The van der Waals surface area contributed by atoms with E-state index in [9.17, 15) is 24.3 Å². The van der Waals surface area contributed by atoms with Crippen LogP contribution in [0.2, 0.25) is 5.02 Å². The Bertz CT molecular complexity index is 2410. The fourth-order valence-corrected chi connectivity index (χ4v) is 8.57. The number of rotatable bonds is 8. The van der Waals surface area contributed by atoms with Gasteiger partial charge in [-0.1, -0.05) is 35.9 Å². The Kier molecular flexibility index (Phi) is 11.4. The van der Waals surface area contributed by atoms with Gasteiger partial charge in [0.25, 0.3) is 17.0 Å². The van der Waals surface area contributed by atoms with Crippen LogP contribution in [0.1, 0.15) is 72.5 Å². The van der Waals surface area contributed by atoms with Gasteiger partial charge in [-0.3, -0.25) is 33.0 Å². The van der Waals surface area contributed by atoms with E-state index in [4.69, 9.17) is 21.1 Å². The molecular weight excluding hydrogens is 734 g/mol. The van der Waals surface area contributed by atoms with Gasteiger partial charge in [-0.2, -0.15) is 0 Å². The molecule has 12 nitrogen and oxygen atoms in total. The van der Waals surface area contributed by atoms with Crippen LogP contribution in [-0.4, -0.2) is 88.2 Å². The van der Waals surface area contributed by atoms with Crippen LogP contribution in [0.3, 0.4) is 0 Å². The number of halogens is 1. The lowest BCUT2D eigenvalue weighted by Crippen LogP contribution is -2.36. The van der Waals surface area contributed by atoms with Gasteiger partial charge < -0.3 is 19.9 Å². The summed E-state index contributed by atoms with van der Waals surface area (Å²) in [6, 6.07) is 15.1. The summed E-state index contributed by atoms with van der Waals surface area (Å²) in [5, 5.41) is 12.9. The van der Waals surface area contributed by atoms with E-state index < -0.39 is 11.5 Å². The summed E-state index contributed by atoms with van der Waals surface area (Å²) < 4.78 is 14.1. The van der Waals surface area contributed by atoms with Crippen LogP contribution >= 0.6 is 11.6 Å². The molecule has 0 atom stereocenters. The zero-order valence-electron chi connectivity index (χ0n) is 31.4. The summed E-state index contributed by atoms with van der Waals surface area (Å²) >= 11 is 5.93. The highest BCUT2D eigenvalue weighted by Gasteiger charge is 2.23. The van der Waals surface area contributed by atoms with Crippen molar-refractivity contribution in [3.63, 3.8) is 0 Å². The second kappa shape index (κ2) is 16.7. The van der Waals surface area contributed by atoms with Gasteiger partial charge in [-0.25, -0.2) is 4.79 Å². The van der Waals surface area contributed by atoms with Crippen LogP contribution in [-0.2, 0) is 54.8 Å². The fraction of sp³-hybridized carbons (Fsp3) is 0.395. The van der Waals surface area contributed by atoms with E-state index in [2.05, 4.69) is 27.2 Å². The average molecular weight is 780 g/mol. The zero-order chi connectivity index (χ0) is 38.8. The normalized spacial score (nSPS) is 17.0. The number of pyridine rings is 4. The van der Waals surface area contributed by atoms with Crippen LogP contribution in [0.25, 0.3) is 11.0 Å². The van der Waals surface area contributed by atoms with Crippen molar-refractivity contribution in [1.82, 2.24) is 23.9 Å². The van der Waals surface area contributed by atoms with Crippen LogP contribution in [0.15, 0.2) is 70.5 Å². The molecule has 1 amide bonds. The van der Waals surface area contributed by atoms with E-state index in [1.165, 1.54) is 5.56 Å². The molecule has 2 saturated heterocycles. The smallest absolute Gasteiger partial charge is 0.341 e. The number of hydrogen-bond acceptors (Lipinski definition) is 8. The first-order chi connectivity index (χ1) is 27.2. The van der Waals surface area contributed by atoms with Crippen molar-refractivity contribution in [2.45, 2.75) is 58.2 Å². The predicted molar refractivity (Wildman–Crippen MR) is 213 cm³/mol. The minimum atomic E-state index is -1.16. The van der Waals surface area contributed by atoms with Gasteiger partial charge in [0, 0.05) is 63.2 Å². The molecule has 1 aromatic carbocycles. The Morgan fingerprint density at radius 1 is 0.643 bits per heavy atom. The molecule has 9 rings (SSSR count). The van der Waals surface area contributed by atoms with Gasteiger partial charge in [0.1, 0.15) is 11.1 Å². The molecule has 56 heavy (non-hydrogen) atoms. The number of benzene rings is 1. The first kappa shape index (κ1) is 38.0. The third-order valence-corrected chi connectivity index (χ3v) is 11.4. The number of carbonyl (C=O) groups excluding carboxylic acids is 1. The molecule has 4 aromatic heterocycles. The number of nitrogens with one attached hydrogen (secondary N) is 1. The van der Waals surface area contributed by atoms with Crippen LogP contribution in [0.4, 0.5) is 0 Å². The van der Waals surface area contributed by atoms with Crippen molar-refractivity contribution in [3.05, 3.63) is 137 Å². The summed E-state index contributed by atoms with van der Waals surface area (Å²) in [6.07, 6.45) is 9.32. The number of carboxylic acid groups (broad SMARTS) is 1. The van der Waals surface area contributed by atoms with Crippen LogP contribution in [0.5, 0.6) is 0 Å². The Hall–Kier alpha value is -4.85. The quantitative estimate of drug-likeness (QED) is 0.233. The van der Waals surface area contributed by atoms with Crippen molar-refractivity contribution in [1.29, 1.82) is 0 Å². The maximum atomic E-state index is 13.4. The third kappa shape index (κ3) is 8.16. The predicted octanol–water partition coefficient (Wildman–Crippen LogP) is 4.52. The number of aryl methyl sites for hydroxylation is 4. The fourth-order valence-electron chi connectivity index (χ4n) is 8.44. The van der Waals surface area contributed by atoms with E-state index in [-0.39, 0.29) is 22.6 Å². The molecule has 2 N–H and O–H groups in total. The highest BCUT2D eigenvalue weighted by Crippen LogP contribution is 2.28. The van der Waals surface area contributed by atoms with Gasteiger partial charge >= 0.3 is 5.97 Å². The monoisotopic (exact) mass is 779 g/mol. The average Bonchev–Trinajstić information content (AvgIpc) is 3.21. The van der Waals surface area contributed by atoms with Crippen LogP contribution < -0.4 is 16.4 Å². The van der Waals surface area contributed by atoms with E-state index in [0.717, 1.165) is 149 Å². The summed E-state index contributed by atoms with van der Waals surface area (Å²) in [6.45, 7) is 8.35. The van der Waals surface area contributed by atoms with E-state index in [1.54, 1.807) is 33.1 Å². The lowest BCUT2D eigenvalue weighted by atomic mass is 9.92. The number of hydrogen-bond donors (Lipinski definition) is 2. The molecular formula is C43H46ClN5O7. The molecule has 2 aliphatic carbocycles. The number of nitrogens with zero attached hydrogens (tertiary/aromatic N) is 4. The Morgan fingerprint density at radius 3 is 1.57 bits per heavy atom. The second-order valence-corrected chi connectivity index (χ2v) is 15.5. The summed E-state index contributed by atoms with van der Waals surface area (Å²) in [4.78, 5) is 55.0. The standard InChI is InChI=1S/C25H26ClN3O3.C18H20N2O4/c26-21-6-4-17(5-7-21)14-27-24(30)22-13-20-3-1-2-19-12-18(15-28-8-10-32-11-9-28)16-29(23(19)20)25(22)31;21-17-15(18(22)23)9-14-3-1-2-13-8-12(11-20(17)16(13)14)10-19-4-6-24-7-5-19/h4-7,12-13,16H,1-3,8-11,14-15H2,(H,27,30);8-9,11H,1-7,10H2,(H,22,23). The van der Waals surface area contributed by atoms with Gasteiger partial charge in [0.2, 0.25) is 0 Å². The lowest BCUT2D eigenvalue weighted by molar-refractivity contribution is 0.0340. The maximum Gasteiger partial charge on any atom is 0.341 e. The topological polar surface area (TPSA) is 134 Å². The van der Waals surface area contributed by atoms with Crippen molar-refractivity contribution >= 4 is 34.5 Å². The van der Waals surface area contributed by atoms with Gasteiger partial charge in [-0.05, 0) is 102 Å². The number of aromatic nitrogens is 2. The first-order valence-electron chi connectivity index (χ1n) is 19.5. The second-order valence-electron chi connectivity index (χ2n) is 15.1. The molecule has 13 heteroatoms. The van der Waals surface area contributed by atoms with Gasteiger partial charge in [0.05, 0.1) is 37.5 Å². The number of aromatic carboxylic acids is 1. The summed E-state index contributed by atoms with van der Waals surface area (Å²) in [5.74, 6) is -1.50. The summed E-state index contributed by atoms with van der Waals surface area (Å²) in [5.41, 5.74) is 8.70. The van der Waals surface area contributed by atoms with E-state index >= 15 is 0 Å². The molecule has 0 unspecified atom stereocenters. The highest BCUT2D eigenvalue weighted by molar-refractivity contribution is 6.30. The molecule has 4 aliphatic rings. The highest BCUT2D eigenvalue weighted by atomic mass is 35.5. The summed E-state index contributed by atoms with van der Waals surface area (Å²) in [7, 11) is 0. The van der Waals surface area contributed by atoms with Gasteiger partial charge in [0.15, 0.2) is 0 Å². The van der Waals surface area contributed by atoms with Crippen molar-refractivity contribution in [3.8, 4) is 0 Å². The van der Waals surface area contributed by atoms with E-state index in [1.807, 2.05) is 24.5 Å². The van der Waals surface area contributed by atoms with Crippen LogP contribution in [0, 0.1) is 0 Å². The lowest BCUT2D eigenvalue weighted by Gasteiger charge is -2.27. The number of ether oxygens (including phenoxy) is 2. The zero-order valence-corrected chi connectivity index (χ0v) is 32.1. The molecule has 6 heterocycles. The van der Waals surface area contributed by atoms with E-state index in [0.29, 0.717) is 11.6 Å². The Labute approximate surface area is 329 Å². The number of morpholine rings is 2. The Morgan fingerprint density at radius 2 is 1.09 bits per heavy atom. The minimum Gasteiger partial charge on any atom is -0.477 e. The molecule has 0 spiro atoms. The SMILES string of the molecule is O=C(NCc1ccc(Cl)cc1)c1cc2c3c(cc(CN4CCOCC4)cn3c1=O)CCC2.O=C(O)c1cc2c3c(cc(CN4CCOCC4)cn3c1=O)CCC2. The van der Waals surface area contributed by atoms with Crippen molar-refractivity contribution in [2.75, 3.05) is 52.6 Å². The molecule has 0 bridgehead atoms. The molecule has 2 aliphatic heterocycles. The maximum absolute atomic E-state index is 13.4. The molecule has 2 fully saturated rings.